The van der Waals surface area contributed by atoms with E-state index >= 15 is 0 Å². The fraction of sp³-hybridized carbons (Fsp3) is 0.136. The molecule has 0 radical (unpaired) electrons. The number of furan rings is 1. The molecule has 4 nitrogen and oxygen atoms in total. The van der Waals surface area contributed by atoms with Crippen molar-refractivity contribution in [1.29, 1.82) is 5.26 Å². The summed E-state index contributed by atoms with van der Waals surface area (Å²) in [6, 6.07) is 23.4. The number of thiazole rings is 1. The molecule has 1 aliphatic carbocycles. The number of nitriles is 1. The van der Waals surface area contributed by atoms with Crippen LogP contribution >= 0.6 is 11.3 Å². The molecular weight excluding hydrogens is 356 g/mol. The third-order valence-electron chi connectivity index (χ3n) is 5.24. The Morgan fingerprint density at radius 1 is 1.07 bits per heavy atom. The zero-order chi connectivity index (χ0) is 18.4. The summed E-state index contributed by atoms with van der Waals surface area (Å²) >= 11 is 1.49. The predicted octanol–water partition coefficient (Wildman–Crippen LogP) is 4.95. The summed E-state index contributed by atoms with van der Waals surface area (Å²) < 4.78 is 6.36. The number of carbonyl (C=O) groups excluding carboxylic acids is 1. The molecule has 4 aromatic rings. The van der Waals surface area contributed by atoms with Crippen LogP contribution < -0.4 is 0 Å². The van der Waals surface area contributed by atoms with Crippen molar-refractivity contribution >= 4 is 27.3 Å². The number of aromatic nitrogens is 1. The zero-order valence-electron chi connectivity index (χ0n) is 14.2. The number of nitrogens with zero attached hydrogens (tertiary/aromatic N) is 2. The van der Waals surface area contributed by atoms with Gasteiger partial charge in [-0.25, -0.2) is 4.98 Å². The molecule has 0 N–H and O–H groups in total. The van der Waals surface area contributed by atoms with E-state index in [4.69, 9.17) is 9.40 Å². The molecule has 0 bridgehead atoms. The van der Waals surface area contributed by atoms with Crippen molar-refractivity contribution in [2.45, 2.75) is 11.3 Å². The summed E-state index contributed by atoms with van der Waals surface area (Å²) in [6.07, 6.45) is 1.48. The Bertz CT molecular complexity index is 1140. The standard InChI is InChI=1S/C22H14N2O2S/c23-13-22(21-24-15-9-4-5-11-17(15)27-21)18(14-7-2-1-3-8-14)19(22)20(25)16-10-6-12-26-16/h1-12,18-19H/t18-,19+,22+/m1/s1. The van der Waals surface area contributed by atoms with Gasteiger partial charge in [-0.3, -0.25) is 4.79 Å². The summed E-state index contributed by atoms with van der Waals surface area (Å²) in [5, 5.41) is 10.9. The first-order chi connectivity index (χ1) is 13.3. The van der Waals surface area contributed by atoms with Gasteiger partial charge in [0.15, 0.2) is 5.76 Å². The molecule has 2 aromatic carbocycles. The summed E-state index contributed by atoms with van der Waals surface area (Å²) in [5.41, 5.74) is 0.868. The van der Waals surface area contributed by atoms with Crippen LogP contribution in [-0.4, -0.2) is 10.8 Å². The minimum absolute atomic E-state index is 0.144. The van der Waals surface area contributed by atoms with Crippen molar-refractivity contribution in [3.05, 3.63) is 89.3 Å². The third kappa shape index (κ3) is 2.27. The fourth-order valence-corrected chi connectivity index (χ4v) is 5.12. The Morgan fingerprint density at radius 2 is 1.85 bits per heavy atom. The molecule has 1 saturated carbocycles. The van der Waals surface area contributed by atoms with E-state index in [1.165, 1.54) is 17.6 Å². The highest BCUT2D eigenvalue weighted by atomic mass is 32.1. The van der Waals surface area contributed by atoms with E-state index < -0.39 is 11.3 Å². The number of benzene rings is 2. The first-order valence-electron chi connectivity index (χ1n) is 8.65. The van der Waals surface area contributed by atoms with E-state index in [2.05, 4.69) is 6.07 Å². The van der Waals surface area contributed by atoms with Gasteiger partial charge in [-0.05, 0) is 29.8 Å². The Hall–Kier alpha value is -3.23. The van der Waals surface area contributed by atoms with Crippen LogP contribution in [0.5, 0.6) is 0 Å². The highest BCUT2D eigenvalue weighted by Crippen LogP contribution is 2.67. The van der Waals surface area contributed by atoms with Crippen LogP contribution in [0, 0.1) is 17.2 Å². The molecule has 130 valence electrons. The van der Waals surface area contributed by atoms with Crippen molar-refractivity contribution in [3.8, 4) is 6.07 Å². The van der Waals surface area contributed by atoms with Crippen LogP contribution in [0.3, 0.4) is 0 Å². The van der Waals surface area contributed by atoms with Gasteiger partial charge in [0.1, 0.15) is 10.4 Å². The van der Waals surface area contributed by atoms with E-state index in [1.807, 2.05) is 54.6 Å². The van der Waals surface area contributed by atoms with Gasteiger partial charge in [0, 0.05) is 5.92 Å². The topological polar surface area (TPSA) is 66.9 Å². The molecule has 0 unspecified atom stereocenters. The van der Waals surface area contributed by atoms with Gasteiger partial charge in [-0.2, -0.15) is 5.26 Å². The van der Waals surface area contributed by atoms with Crippen LogP contribution in [0.4, 0.5) is 0 Å². The van der Waals surface area contributed by atoms with Crippen LogP contribution in [0.2, 0.25) is 0 Å². The normalized spacial score (nSPS) is 23.8. The molecule has 0 saturated heterocycles. The second-order valence-corrected chi connectivity index (χ2v) is 7.71. The molecule has 0 aliphatic heterocycles. The lowest BCUT2D eigenvalue weighted by Gasteiger charge is -2.04. The van der Waals surface area contributed by atoms with Gasteiger partial charge in [-0.15, -0.1) is 11.3 Å². The molecule has 5 heteroatoms. The Morgan fingerprint density at radius 3 is 2.56 bits per heavy atom. The number of hydrogen-bond donors (Lipinski definition) is 0. The second-order valence-electron chi connectivity index (χ2n) is 6.68. The van der Waals surface area contributed by atoms with Crippen molar-refractivity contribution < 1.29 is 9.21 Å². The molecule has 1 aliphatic rings. The van der Waals surface area contributed by atoms with Crippen molar-refractivity contribution in [2.24, 2.45) is 5.92 Å². The number of fused-ring (bicyclic) bond motifs is 1. The smallest absolute Gasteiger partial charge is 0.203 e. The second kappa shape index (κ2) is 5.90. The molecule has 0 amide bonds. The zero-order valence-corrected chi connectivity index (χ0v) is 15.0. The van der Waals surface area contributed by atoms with Crippen molar-refractivity contribution in [2.75, 3.05) is 0 Å². The monoisotopic (exact) mass is 370 g/mol. The number of ketones is 1. The number of rotatable bonds is 4. The number of carbonyl (C=O) groups is 1. The maximum atomic E-state index is 13.1. The van der Waals surface area contributed by atoms with Crippen LogP contribution in [0.1, 0.15) is 27.0 Å². The maximum absolute atomic E-state index is 13.1. The molecule has 5 rings (SSSR count). The number of hydrogen-bond acceptors (Lipinski definition) is 5. The van der Waals surface area contributed by atoms with Crippen LogP contribution in [-0.2, 0) is 5.41 Å². The molecule has 0 spiro atoms. The first-order valence-corrected chi connectivity index (χ1v) is 9.47. The summed E-state index contributed by atoms with van der Waals surface area (Å²) in [4.78, 5) is 17.9. The minimum atomic E-state index is -0.963. The largest absolute Gasteiger partial charge is 0.461 e. The van der Waals surface area contributed by atoms with E-state index in [1.54, 1.807) is 12.1 Å². The first kappa shape index (κ1) is 16.0. The molecule has 1 fully saturated rings. The Labute approximate surface area is 159 Å². The number of Topliss-reactive ketones (excluding diaryl/α,β-unsaturated/α-hetero) is 1. The quantitative estimate of drug-likeness (QED) is 0.477. The summed E-state index contributed by atoms with van der Waals surface area (Å²) in [6.45, 7) is 0. The van der Waals surface area contributed by atoms with E-state index in [0.717, 1.165) is 15.8 Å². The van der Waals surface area contributed by atoms with Crippen LogP contribution in [0.15, 0.2) is 77.4 Å². The van der Waals surface area contributed by atoms with Crippen LogP contribution in [0.25, 0.3) is 10.2 Å². The van der Waals surface area contributed by atoms with Gasteiger partial charge in [0.05, 0.1) is 28.5 Å². The van der Waals surface area contributed by atoms with E-state index in [9.17, 15) is 10.1 Å². The summed E-state index contributed by atoms with van der Waals surface area (Å²) in [7, 11) is 0. The minimum Gasteiger partial charge on any atom is -0.461 e. The number of para-hydroxylation sites is 1. The predicted molar refractivity (Wildman–Crippen MR) is 103 cm³/mol. The lowest BCUT2D eigenvalue weighted by Crippen LogP contribution is -2.13. The van der Waals surface area contributed by atoms with Gasteiger partial charge in [-0.1, -0.05) is 42.5 Å². The van der Waals surface area contributed by atoms with Crippen molar-refractivity contribution in [3.63, 3.8) is 0 Å². The molecular formula is C22H14N2O2S. The highest BCUT2D eigenvalue weighted by molar-refractivity contribution is 7.18. The van der Waals surface area contributed by atoms with E-state index in [-0.39, 0.29) is 11.7 Å². The maximum Gasteiger partial charge on any atom is 0.203 e. The van der Waals surface area contributed by atoms with E-state index in [0.29, 0.717) is 10.8 Å². The molecule has 3 atom stereocenters. The molecule has 2 heterocycles. The average molecular weight is 370 g/mol. The lowest BCUT2D eigenvalue weighted by atomic mass is 10.0. The molecule has 27 heavy (non-hydrogen) atoms. The van der Waals surface area contributed by atoms with Crippen molar-refractivity contribution in [1.82, 2.24) is 4.98 Å². The van der Waals surface area contributed by atoms with Gasteiger partial charge >= 0.3 is 0 Å². The highest BCUT2D eigenvalue weighted by Gasteiger charge is 2.72. The molecule has 2 aromatic heterocycles. The Kier molecular flexibility index (Phi) is 3.49. The Balaban J connectivity index is 1.68. The fourth-order valence-electron chi connectivity index (χ4n) is 3.94. The average Bonchev–Trinajstić information content (AvgIpc) is 3.07. The van der Waals surface area contributed by atoms with Gasteiger partial charge < -0.3 is 4.42 Å². The summed E-state index contributed by atoms with van der Waals surface area (Å²) in [5.74, 6) is -0.590. The van der Waals surface area contributed by atoms with Gasteiger partial charge in [0.25, 0.3) is 0 Å². The SMILES string of the molecule is N#C[C@@]1(c2nc3ccccc3s2)[C@H](C(=O)c2ccco2)[C@H]1c1ccccc1. The van der Waals surface area contributed by atoms with Gasteiger partial charge in [0.2, 0.25) is 5.78 Å². The third-order valence-corrected chi connectivity index (χ3v) is 6.43. The lowest BCUT2D eigenvalue weighted by molar-refractivity contribution is 0.0932.